The Morgan fingerprint density at radius 3 is 2.94 bits per heavy atom. The molecule has 1 amide bonds. The van der Waals surface area contributed by atoms with Crippen molar-refractivity contribution in [2.75, 3.05) is 13.1 Å². The molecular formula is C12H16ClN3O2. The topological polar surface area (TPSA) is 55.3 Å². The number of amides is 1. The van der Waals surface area contributed by atoms with Crippen LogP contribution in [-0.4, -0.2) is 40.0 Å². The Labute approximate surface area is 111 Å². The molecule has 5 nitrogen and oxygen atoms in total. The van der Waals surface area contributed by atoms with Gasteiger partial charge in [-0.3, -0.25) is 4.79 Å². The third kappa shape index (κ3) is 3.32. The zero-order chi connectivity index (χ0) is 13.0. The average molecular weight is 270 g/mol. The summed E-state index contributed by atoms with van der Waals surface area (Å²) in [6.45, 7) is 3.29. The molecule has 1 saturated heterocycles. The van der Waals surface area contributed by atoms with Gasteiger partial charge in [-0.1, -0.05) is 18.5 Å². The van der Waals surface area contributed by atoms with Crippen molar-refractivity contribution < 1.29 is 9.53 Å². The molecule has 0 radical (unpaired) electrons. The van der Waals surface area contributed by atoms with Gasteiger partial charge in [0.15, 0.2) is 0 Å². The van der Waals surface area contributed by atoms with Crippen molar-refractivity contribution in [3.8, 4) is 6.01 Å². The second-order valence-corrected chi connectivity index (χ2v) is 4.70. The van der Waals surface area contributed by atoms with Crippen LogP contribution in [-0.2, 0) is 4.79 Å². The van der Waals surface area contributed by atoms with Gasteiger partial charge in [-0.25, -0.2) is 9.97 Å². The molecule has 0 N–H and O–H groups in total. The summed E-state index contributed by atoms with van der Waals surface area (Å²) in [5, 5.41) is 0.480. The van der Waals surface area contributed by atoms with Gasteiger partial charge in [-0.15, -0.1) is 0 Å². The van der Waals surface area contributed by atoms with Crippen LogP contribution in [0.25, 0.3) is 0 Å². The van der Waals surface area contributed by atoms with Crippen LogP contribution in [0.1, 0.15) is 26.2 Å². The fourth-order valence-electron chi connectivity index (χ4n) is 1.99. The molecule has 1 atom stereocenters. The van der Waals surface area contributed by atoms with Crippen LogP contribution in [0.4, 0.5) is 0 Å². The summed E-state index contributed by atoms with van der Waals surface area (Å²) in [5.74, 6) is 0.167. The molecular weight excluding hydrogens is 254 g/mol. The van der Waals surface area contributed by atoms with Gasteiger partial charge >= 0.3 is 6.01 Å². The molecule has 1 aliphatic rings. The third-order valence-electron chi connectivity index (χ3n) is 2.90. The van der Waals surface area contributed by atoms with Crippen LogP contribution in [0.15, 0.2) is 12.4 Å². The quantitative estimate of drug-likeness (QED) is 0.841. The highest BCUT2D eigenvalue weighted by atomic mass is 35.5. The molecule has 1 unspecified atom stereocenters. The van der Waals surface area contributed by atoms with E-state index in [0.717, 1.165) is 19.4 Å². The molecule has 1 fully saturated rings. The van der Waals surface area contributed by atoms with Gasteiger partial charge in [0, 0.05) is 13.0 Å². The van der Waals surface area contributed by atoms with E-state index in [1.807, 2.05) is 11.8 Å². The predicted octanol–water partition coefficient (Wildman–Crippen LogP) is 1.91. The van der Waals surface area contributed by atoms with Crippen molar-refractivity contribution >= 4 is 17.5 Å². The maximum absolute atomic E-state index is 11.6. The smallest absolute Gasteiger partial charge is 0.316 e. The van der Waals surface area contributed by atoms with Crippen molar-refractivity contribution in [3.05, 3.63) is 17.4 Å². The van der Waals surface area contributed by atoms with E-state index in [0.29, 0.717) is 24.0 Å². The fraction of sp³-hybridized carbons (Fsp3) is 0.583. The summed E-state index contributed by atoms with van der Waals surface area (Å²) in [6, 6.07) is 0.315. The zero-order valence-electron chi connectivity index (χ0n) is 10.3. The average Bonchev–Trinajstić information content (AvgIpc) is 2.41. The van der Waals surface area contributed by atoms with Crippen LogP contribution in [0.5, 0.6) is 6.01 Å². The lowest BCUT2D eigenvalue weighted by atomic mass is 10.1. The van der Waals surface area contributed by atoms with E-state index in [9.17, 15) is 4.79 Å². The normalized spacial score (nSPS) is 19.7. The Morgan fingerprint density at radius 1 is 1.56 bits per heavy atom. The summed E-state index contributed by atoms with van der Waals surface area (Å²) in [4.78, 5) is 21.5. The summed E-state index contributed by atoms with van der Waals surface area (Å²) in [5.41, 5.74) is 0. The Balaban J connectivity index is 1.93. The standard InChI is InChI=1S/C12H16ClN3O2/c1-2-11(17)16-5-3-4-10(8-16)18-12-14-6-9(13)7-15-12/h6-7,10H,2-5,8H2,1H3. The number of ether oxygens (including phenoxy) is 1. The molecule has 0 bridgehead atoms. The lowest BCUT2D eigenvalue weighted by Gasteiger charge is -2.32. The van der Waals surface area contributed by atoms with Gasteiger partial charge < -0.3 is 9.64 Å². The maximum Gasteiger partial charge on any atom is 0.316 e. The van der Waals surface area contributed by atoms with Crippen molar-refractivity contribution in [3.63, 3.8) is 0 Å². The zero-order valence-corrected chi connectivity index (χ0v) is 11.1. The molecule has 0 aromatic carbocycles. The third-order valence-corrected chi connectivity index (χ3v) is 3.10. The number of aromatic nitrogens is 2. The number of piperidine rings is 1. The van der Waals surface area contributed by atoms with Gasteiger partial charge in [-0.05, 0) is 12.8 Å². The van der Waals surface area contributed by atoms with Crippen molar-refractivity contribution in [1.29, 1.82) is 0 Å². The first-order valence-electron chi connectivity index (χ1n) is 6.11. The molecule has 1 aromatic rings. The van der Waals surface area contributed by atoms with E-state index in [1.54, 1.807) is 0 Å². The maximum atomic E-state index is 11.6. The Hall–Kier alpha value is -1.36. The minimum Gasteiger partial charge on any atom is -0.458 e. The molecule has 0 spiro atoms. The number of halogens is 1. The highest BCUT2D eigenvalue weighted by Crippen LogP contribution is 2.16. The fourth-order valence-corrected chi connectivity index (χ4v) is 2.09. The number of rotatable bonds is 3. The second-order valence-electron chi connectivity index (χ2n) is 4.26. The van der Waals surface area contributed by atoms with E-state index < -0.39 is 0 Å². The highest BCUT2D eigenvalue weighted by Gasteiger charge is 2.24. The number of carbonyl (C=O) groups excluding carboxylic acids is 1. The summed E-state index contributed by atoms with van der Waals surface area (Å²) in [6.07, 6.45) is 5.37. The molecule has 0 saturated carbocycles. The molecule has 2 heterocycles. The van der Waals surface area contributed by atoms with Crippen LogP contribution in [0.2, 0.25) is 5.02 Å². The van der Waals surface area contributed by atoms with Gasteiger partial charge in [0.1, 0.15) is 6.10 Å². The molecule has 0 aliphatic carbocycles. The van der Waals surface area contributed by atoms with Gasteiger partial charge in [0.25, 0.3) is 0 Å². The number of hydrogen-bond acceptors (Lipinski definition) is 4. The molecule has 6 heteroatoms. The Bertz CT molecular complexity index is 410. The number of nitrogens with zero attached hydrogens (tertiary/aromatic N) is 3. The van der Waals surface area contributed by atoms with Gasteiger partial charge in [0.2, 0.25) is 5.91 Å². The first-order valence-corrected chi connectivity index (χ1v) is 6.49. The summed E-state index contributed by atoms with van der Waals surface area (Å²) >= 11 is 5.70. The van der Waals surface area contributed by atoms with E-state index in [2.05, 4.69) is 9.97 Å². The first kappa shape index (κ1) is 13.1. The molecule has 98 valence electrons. The highest BCUT2D eigenvalue weighted by molar-refractivity contribution is 6.30. The van der Waals surface area contributed by atoms with Crippen LogP contribution >= 0.6 is 11.6 Å². The lowest BCUT2D eigenvalue weighted by Crippen LogP contribution is -2.44. The monoisotopic (exact) mass is 269 g/mol. The summed E-state index contributed by atoms with van der Waals surface area (Å²) in [7, 11) is 0. The molecule has 18 heavy (non-hydrogen) atoms. The Morgan fingerprint density at radius 2 is 2.28 bits per heavy atom. The molecule has 1 aromatic heterocycles. The van der Waals surface area contributed by atoms with Crippen molar-refractivity contribution in [2.24, 2.45) is 0 Å². The number of likely N-dealkylation sites (tertiary alicyclic amines) is 1. The van der Waals surface area contributed by atoms with Gasteiger partial charge in [0.05, 0.1) is 24.0 Å². The van der Waals surface area contributed by atoms with E-state index in [-0.39, 0.29) is 12.0 Å². The van der Waals surface area contributed by atoms with E-state index >= 15 is 0 Å². The molecule has 1 aliphatic heterocycles. The predicted molar refractivity (Wildman–Crippen MR) is 67.6 cm³/mol. The van der Waals surface area contributed by atoms with Crippen LogP contribution < -0.4 is 4.74 Å². The minimum atomic E-state index is -0.0320. The van der Waals surface area contributed by atoms with Gasteiger partial charge in [-0.2, -0.15) is 0 Å². The minimum absolute atomic E-state index is 0.0320. The van der Waals surface area contributed by atoms with Crippen molar-refractivity contribution in [2.45, 2.75) is 32.3 Å². The first-order chi connectivity index (χ1) is 8.69. The Kier molecular flexibility index (Phi) is 4.36. The SMILES string of the molecule is CCC(=O)N1CCCC(Oc2ncc(Cl)cn2)C1. The van der Waals surface area contributed by atoms with E-state index in [4.69, 9.17) is 16.3 Å². The van der Waals surface area contributed by atoms with Crippen LogP contribution in [0.3, 0.4) is 0 Å². The summed E-state index contributed by atoms with van der Waals surface area (Å²) < 4.78 is 5.66. The van der Waals surface area contributed by atoms with Crippen molar-refractivity contribution in [1.82, 2.24) is 14.9 Å². The lowest BCUT2D eigenvalue weighted by molar-refractivity contribution is -0.133. The number of hydrogen-bond donors (Lipinski definition) is 0. The number of carbonyl (C=O) groups is 1. The van der Waals surface area contributed by atoms with E-state index in [1.165, 1.54) is 12.4 Å². The van der Waals surface area contributed by atoms with Crippen LogP contribution in [0, 0.1) is 0 Å². The largest absolute Gasteiger partial charge is 0.458 e. The second kappa shape index (κ2) is 6.00. The molecule has 2 rings (SSSR count).